The van der Waals surface area contributed by atoms with Crippen LogP contribution >= 0.6 is 0 Å². The van der Waals surface area contributed by atoms with Gasteiger partial charge in [-0.15, -0.1) is 0 Å². The van der Waals surface area contributed by atoms with Crippen molar-refractivity contribution in [3.63, 3.8) is 0 Å². The van der Waals surface area contributed by atoms with E-state index < -0.39 is 21.8 Å². The van der Waals surface area contributed by atoms with Crippen molar-refractivity contribution in [3.05, 3.63) is 83.7 Å². The van der Waals surface area contributed by atoms with Gasteiger partial charge in [0.2, 0.25) is 0 Å². The van der Waals surface area contributed by atoms with Crippen LogP contribution < -0.4 is 14.5 Å². The molecule has 1 aliphatic rings. The lowest BCUT2D eigenvalue weighted by Gasteiger charge is -2.38. The van der Waals surface area contributed by atoms with Gasteiger partial charge in [-0.25, -0.2) is 17.6 Å². The first kappa shape index (κ1) is 24.2. The first-order valence-corrected chi connectivity index (χ1v) is 12.4. The van der Waals surface area contributed by atoms with E-state index in [1.165, 1.54) is 31.2 Å². The number of benzene rings is 3. The highest BCUT2D eigenvalue weighted by Crippen LogP contribution is 2.28. The molecule has 1 aliphatic heterocycles. The van der Waals surface area contributed by atoms with Gasteiger partial charge in [0, 0.05) is 43.1 Å². The van der Waals surface area contributed by atoms with Crippen LogP contribution in [0.15, 0.2) is 71.6 Å². The predicted octanol–water partition coefficient (Wildman–Crippen LogP) is 3.85. The van der Waals surface area contributed by atoms with Crippen LogP contribution in [0.2, 0.25) is 0 Å². The number of carboxylic acid groups (broad SMARTS) is 1. The summed E-state index contributed by atoms with van der Waals surface area (Å²) in [7, 11) is -4.09. The van der Waals surface area contributed by atoms with Gasteiger partial charge in [-0.3, -0.25) is 9.52 Å². The second kappa shape index (κ2) is 9.75. The first-order valence-electron chi connectivity index (χ1n) is 10.9. The fourth-order valence-electron chi connectivity index (χ4n) is 4.01. The third kappa shape index (κ3) is 5.43. The van der Waals surface area contributed by atoms with Crippen molar-refractivity contribution in [2.24, 2.45) is 0 Å². The van der Waals surface area contributed by atoms with Gasteiger partial charge in [0.15, 0.2) is 5.78 Å². The molecule has 1 heterocycles. The quantitative estimate of drug-likeness (QED) is 0.478. The summed E-state index contributed by atoms with van der Waals surface area (Å²) in [6.45, 7) is 3.93. The number of rotatable bonds is 7. The second-order valence-electron chi connectivity index (χ2n) is 8.18. The van der Waals surface area contributed by atoms with Crippen LogP contribution in [-0.2, 0) is 10.0 Å². The smallest absolute Gasteiger partial charge is 0.337 e. The Balaban J connectivity index is 1.50. The van der Waals surface area contributed by atoms with Gasteiger partial charge in [-0.05, 0) is 67.6 Å². The average molecular weight is 498 g/mol. The molecule has 8 nitrogen and oxygen atoms in total. The number of nitrogens with one attached hydrogen (secondary N) is 1. The highest BCUT2D eigenvalue weighted by Gasteiger charge is 2.23. The van der Waals surface area contributed by atoms with E-state index >= 15 is 0 Å². The number of halogens is 1. The van der Waals surface area contributed by atoms with Crippen molar-refractivity contribution in [3.8, 4) is 0 Å². The number of carbonyl (C=O) groups excluding carboxylic acids is 1. The lowest BCUT2D eigenvalue weighted by Crippen LogP contribution is -2.47. The summed E-state index contributed by atoms with van der Waals surface area (Å²) in [5.74, 6) is -1.87. The number of carbonyl (C=O) groups is 2. The molecule has 1 fully saturated rings. The van der Waals surface area contributed by atoms with Crippen molar-refractivity contribution in [2.45, 2.75) is 11.8 Å². The zero-order valence-corrected chi connectivity index (χ0v) is 19.8. The molecule has 4 rings (SSSR count). The molecule has 0 aliphatic carbocycles. The number of aromatic carboxylic acids is 1. The van der Waals surface area contributed by atoms with Crippen LogP contribution in [0.4, 0.5) is 21.5 Å². The highest BCUT2D eigenvalue weighted by molar-refractivity contribution is 7.92. The Bertz CT molecular complexity index is 1370. The Morgan fingerprint density at radius 3 is 2.17 bits per heavy atom. The van der Waals surface area contributed by atoms with E-state index in [1.54, 1.807) is 18.2 Å². The van der Waals surface area contributed by atoms with Crippen LogP contribution in [0.3, 0.4) is 0 Å². The zero-order valence-electron chi connectivity index (χ0n) is 18.9. The monoisotopic (exact) mass is 497 g/mol. The van der Waals surface area contributed by atoms with E-state index in [2.05, 4.69) is 9.62 Å². The maximum atomic E-state index is 13.5. The topological polar surface area (TPSA) is 107 Å². The number of anilines is 3. The van der Waals surface area contributed by atoms with Crippen LogP contribution in [-0.4, -0.2) is 51.5 Å². The van der Waals surface area contributed by atoms with Gasteiger partial charge in [0.05, 0.1) is 16.1 Å². The Hall–Kier alpha value is -3.92. The van der Waals surface area contributed by atoms with Crippen molar-refractivity contribution >= 4 is 38.8 Å². The lowest BCUT2D eigenvalue weighted by atomic mass is 10.1. The van der Waals surface area contributed by atoms with Gasteiger partial charge in [0.1, 0.15) is 5.82 Å². The van der Waals surface area contributed by atoms with E-state index in [0.717, 1.165) is 17.8 Å². The molecule has 3 aromatic carbocycles. The summed E-state index contributed by atoms with van der Waals surface area (Å²) in [4.78, 5) is 27.3. The Kier molecular flexibility index (Phi) is 6.74. The zero-order chi connectivity index (χ0) is 25.2. The fraction of sp³-hybridized carbons (Fsp3) is 0.200. The molecule has 0 bridgehead atoms. The maximum Gasteiger partial charge on any atom is 0.337 e. The van der Waals surface area contributed by atoms with Gasteiger partial charge >= 0.3 is 5.97 Å². The second-order valence-corrected chi connectivity index (χ2v) is 9.86. The van der Waals surface area contributed by atoms with Gasteiger partial charge in [-0.2, -0.15) is 0 Å². The highest BCUT2D eigenvalue weighted by atomic mass is 32.2. The lowest BCUT2D eigenvalue weighted by molar-refractivity contribution is 0.0697. The standard InChI is InChI=1S/C25H24FN3O5S/c1-17(30)18-5-8-21(9-6-18)28-11-13-29(14-12-28)24-10-7-20(16-23(24)25(31)32)27-35(33,34)22-4-2-3-19(26)15-22/h2-10,15-16,27H,11-14H2,1H3,(H,31,32). The molecule has 0 atom stereocenters. The van der Waals surface area contributed by atoms with Crippen molar-refractivity contribution < 1.29 is 27.5 Å². The molecule has 0 aromatic heterocycles. The molecule has 0 unspecified atom stereocenters. The van der Waals surface area contributed by atoms with Gasteiger partial charge in [0.25, 0.3) is 10.0 Å². The number of Topliss-reactive ketones (excluding diaryl/α,β-unsaturated/α-hetero) is 1. The molecule has 2 N–H and O–H groups in total. The summed E-state index contributed by atoms with van der Waals surface area (Å²) in [6.07, 6.45) is 0. The van der Waals surface area contributed by atoms with E-state index in [9.17, 15) is 27.5 Å². The molecule has 0 radical (unpaired) electrons. The summed E-state index contributed by atoms with van der Waals surface area (Å²) in [6, 6.07) is 16.3. The molecular weight excluding hydrogens is 473 g/mol. The summed E-state index contributed by atoms with van der Waals surface area (Å²) in [5, 5.41) is 9.78. The molecule has 35 heavy (non-hydrogen) atoms. The third-order valence-electron chi connectivity index (χ3n) is 5.84. The van der Waals surface area contributed by atoms with E-state index in [1.807, 2.05) is 17.0 Å². The number of piperazine rings is 1. The SMILES string of the molecule is CC(=O)c1ccc(N2CCN(c3ccc(NS(=O)(=O)c4cccc(F)c4)cc3C(=O)O)CC2)cc1. The van der Waals surface area contributed by atoms with Crippen molar-refractivity contribution in [1.82, 2.24) is 0 Å². The largest absolute Gasteiger partial charge is 0.478 e. The summed E-state index contributed by atoms with van der Waals surface area (Å²) in [5.41, 5.74) is 2.14. The number of hydrogen-bond acceptors (Lipinski definition) is 6. The molecule has 3 aromatic rings. The fourth-order valence-corrected chi connectivity index (χ4v) is 5.09. The maximum absolute atomic E-state index is 13.5. The molecular formula is C25H24FN3O5S. The summed E-state index contributed by atoms with van der Waals surface area (Å²) < 4.78 is 41.0. The number of ketones is 1. The number of nitrogens with zero attached hydrogens (tertiary/aromatic N) is 2. The van der Waals surface area contributed by atoms with Crippen LogP contribution in [0.1, 0.15) is 27.6 Å². The molecule has 0 amide bonds. The minimum Gasteiger partial charge on any atom is -0.478 e. The Morgan fingerprint density at radius 2 is 1.57 bits per heavy atom. The van der Waals surface area contributed by atoms with Crippen LogP contribution in [0.5, 0.6) is 0 Å². The Labute approximate surface area is 202 Å². The number of carboxylic acids is 1. The minimum atomic E-state index is -4.09. The predicted molar refractivity (Wildman–Crippen MR) is 131 cm³/mol. The van der Waals surface area contributed by atoms with E-state index in [0.29, 0.717) is 37.4 Å². The molecule has 182 valence electrons. The molecule has 0 saturated carbocycles. The van der Waals surface area contributed by atoms with E-state index in [4.69, 9.17) is 0 Å². The van der Waals surface area contributed by atoms with Gasteiger partial charge < -0.3 is 14.9 Å². The Morgan fingerprint density at radius 1 is 0.914 bits per heavy atom. The number of sulfonamides is 1. The molecule has 10 heteroatoms. The van der Waals surface area contributed by atoms with Crippen LogP contribution in [0, 0.1) is 5.82 Å². The third-order valence-corrected chi connectivity index (χ3v) is 7.22. The molecule has 1 saturated heterocycles. The molecule has 0 spiro atoms. The normalized spacial score (nSPS) is 14.0. The first-order chi connectivity index (χ1) is 16.6. The summed E-state index contributed by atoms with van der Waals surface area (Å²) >= 11 is 0. The number of hydrogen-bond donors (Lipinski definition) is 2. The van der Waals surface area contributed by atoms with E-state index in [-0.39, 0.29) is 21.9 Å². The average Bonchev–Trinajstić information content (AvgIpc) is 2.84. The van der Waals surface area contributed by atoms with Crippen LogP contribution in [0.25, 0.3) is 0 Å². The minimum absolute atomic E-state index is 0.00392. The van der Waals surface area contributed by atoms with Crippen molar-refractivity contribution in [1.29, 1.82) is 0 Å². The van der Waals surface area contributed by atoms with Gasteiger partial charge in [-0.1, -0.05) is 6.07 Å². The van der Waals surface area contributed by atoms with Crippen molar-refractivity contribution in [2.75, 3.05) is 40.7 Å².